The van der Waals surface area contributed by atoms with E-state index < -0.39 is 16.0 Å². The van der Waals surface area contributed by atoms with Gasteiger partial charge in [-0.25, -0.2) is 4.21 Å². The largest absolute Gasteiger partial charge is 0.489 e. The van der Waals surface area contributed by atoms with Crippen LogP contribution in [0, 0.1) is 10.1 Å². The summed E-state index contributed by atoms with van der Waals surface area (Å²) in [6, 6.07) is 4.52. The summed E-state index contributed by atoms with van der Waals surface area (Å²) in [5.41, 5.74) is 0.800. The van der Waals surface area contributed by atoms with E-state index in [9.17, 15) is 14.3 Å². The molecule has 104 valence electrons. The smallest absolute Gasteiger partial charge is 0.273 e. The number of hydrogen-bond acceptors (Lipinski definition) is 6. The van der Waals surface area contributed by atoms with E-state index in [1.165, 1.54) is 18.4 Å². The molecule has 0 bridgehead atoms. The first kappa shape index (κ1) is 13.8. The van der Waals surface area contributed by atoms with Gasteiger partial charge >= 0.3 is 0 Å². The number of nitro groups is 1. The third kappa shape index (κ3) is 3.42. The van der Waals surface area contributed by atoms with Crippen LogP contribution in [0.4, 0.5) is 11.4 Å². The highest BCUT2D eigenvalue weighted by molar-refractivity contribution is 7.79. The van der Waals surface area contributed by atoms with Gasteiger partial charge in [0.25, 0.3) is 5.69 Å². The highest BCUT2D eigenvalue weighted by Crippen LogP contribution is 2.34. The van der Waals surface area contributed by atoms with Crippen molar-refractivity contribution in [1.82, 2.24) is 0 Å². The van der Waals surface area contributed by atoms with Gasteiger partial charge in [0.15, 0.2) is 11.1 Å². The van der Waals surface area contributed by atoms with Gasteiger partial charge in [0.2, 0.25) is 0 Å². The van der Waals surface area contributed by atoms with Crippen LogP contribution in [-0.4, -0.2) is 41.7 Å². The number of anilines is 1. The van der Waals surface area contributed by atoms with E-state index in [1.54, 1.807) is 6.07 Å². The minimum absolute atomic E-state index is 0.00603. The van der Waals surface area contributed by atoms with Gasteiger partial charge in [0.05, 0.1) is 29.8 Å². The second-order valence-electron chi connectivity index (χ2n) is 3.97. The van der Waals surface area contributed by atoms with Crippen molar-refractivity contribution >= 4 is 22.5 Å². The Labute approximate surface area is 112 Å². The van der Waals surface area contributed by atoms with Crippen molar-refractivity contribution < 1.29 is 18.1 Å². The maximum atomic E-state index is 10.8. The molecule has 1 aromatic rings. The van der Waals surface area contributed by atoms with Crippen molar-refractivity contribution in [1.29, 1.82) is 0 Å². The SMILES string of the molecule is CS(=O)OCCN1CCOc2cc([N+](=O)[O-])ccc21. The van der Waals surface area contributed by atoms with Gasteiger partial charge in [-0.3, -0.25) is 14.3 Å². The van der Waals surface area contributed by atoms with Crippen LogP contribution < -0.4 is 9.64 Å². The van der Waals surface area contributed by atoms with Crippen molar-refractivity contribution in [2.24, 2.45) is 0 Å². The van der Waals surface area contributed by atoms with Crippen molar-refractivity contribution in [2.75, 3.05) is 37.5 Å². The van der Waals surface area contributed by atoms with Crippen LogP contribution in [0.15, 0.2) is 18.2 Å². The van der Waals surface area contributed by atoms with Crippen LogP contribution in [0.5, 0.6) is 5.75 Å². The topological polar surface area (TPSA) is 81.9 Å². The number of rotatable bonds is 5. The Kier molecular flexibility index (Phi) is 4.33. The molecule has 1 heterocycles. The van der Waals surface area contributed by atoms with Gasteiger partial charge in [-0.05, 0) is 6.07 Å². The molecule has 0 saturated heterocycles. The molecule has 0 spiro atoms. The standard InChI is InChI=1S/C11H14N2O5S/c1-19(16)18-7-5-12-4-6-17-11-8-9(13(14)15)2-3-10(11)12/h2-3,8H,4-7H2,1H3. The lowest BCUT2D eigenvalue weighted by Gasteiger charge is -2.30. The Balaban J connectivity index is 2.11. The van der Waals surface area contributed by atoms with Crippen LogP contribution in [0.2, 0.25) is 0 Å². The van der Waals surface area contributed by atoms with Crippen LogP contribution in [0.25, 0.3) is 0 Å². The Hall–Kier alpha value is -1.67. The summed E-state index contributed by atoms with van der Waals surface area (Å²) in [7, 11) is 0. The quantitative estimate of drug-likeness (QED) is 0.595. The second kappa shape index (κ2) is 5.98. The van der Waals surface area contributed by atoms with Gasteiger partial charge in [-0.1, -0.05) is 0 Å². The fraction of sp³-hybridized carbons (Fsp3) is 0.455. The summed E-state index contributed by atoms with van der Waals surface area (Å²) in [6.07, 6.45) is 1.47. The molecule has 8 heteroatoms. The molecule has 7 nitrogen and oxygen atoms in total. The fourth-order valence-electron chi connectivity index (χ4n) is 1.88. The predicted molar refractivity (Wildman–Crippen MR) is 70.8 cm³/mol. The van der Waals surface area contributed by atoms with Crippen molar-refractivity contribution in [2.45, 2.75) is 0 Å². The van der Waals surface area contributed by atoms with Crippen LogP contribution in [0.3, 0.4) is 0 Å². The summed E-state index contributed by atoms with van der Waals surface area (Å²) >= 11 is -1.28. The average Bonchev–Trinajstić information content (AvgIpc) is 2.37. The third-order valence-corrected chi connectivity index (χ3v) is 3.22. The first-order valence-corrected chi connectivity index (χ1v) is 7.19. The van der Waals surface area contributed by atoms with Crippen molar-refractivity contribution in [3.63, 3.8) is 0 Å². The Morgan fingerprint density at radius 2 is 2.37 bits per heavy atom. The van der Waals surface area contributed by atoms with Gasteiger partial charge < -0.3 is 9.64 Å². The summed E-state index contributed by atoms with van der Waals surface area (Å²) < 4.78 is 21.2. The molecule has 0 radical (unpaired) electrons. The molecule has 0 saturated carbocycles. The molecule has 19 heavy (non-hydrogen) atoms. The van der Waals surface area contributed by atoms with E-state index >= 15 is 0 Å². The van der Waals surface area contributed by atoms with Gasteiger partial charge in [0.1, 0.15) is 12.4 Å². The van der Waals surface area contributed by atoms with Crippen LogP contribution >= 0.6 is 0 Å². The number of non-ortho nitro benzene ring substituents is 1. The Morgan fingerprint density at radius 3 is 3.05 bits per heavy atom. The molecular formula is C11H14N2O5S. The van der Waals surface area contributed by atoms with Crippen molar-refractivity contribution in [3.8, 4) is 5.75 Å². The monoisotopic (exact) mass is 286 g/mol. The molecule has 2 rings (SSSR count). The van der Waals surface area contributed by atoms with Crippen LogP contribution in [-0.2, 0) is 15.3 Å². The number of fused-ring (bicyclic) bond motifs is 1. The maximum absolute atomic E-state index is 10.8. The minimum atomic E-state index is -1.28. The average molecular weight is 286 g/mol. The molecule has 1 aliphatic heterocycles. The van der Waals surface area contributed by atoms with Gasteiger partial charge in [-0.2, -0.15) is 0 Å². The van der Waals surface area contributed by atoms with Gasteiger partial charge in [0, 0.05) is 18.9 Å². The number of ether oxygens (including phenoxy) is 1. The molecule has 1 atom stereocenters. The van der Waals surface area contributed by atoms with E-state index in [1.807, 2.05) is 4.90 Å². The van der Waals surface area contributed by atoms with Gasteiger partial charge in [-0.15, -0.1) is 0 Å². The number of nitro benzene ring substituents is 1. The summed E-state index contributed by atoms with van der Waals surface area (Å²) in [5.74, 6) is 0.498. The van der Waals surface area contributed by atoms with E-state index in [4.69, 9.17) is 8.92 Å². The van der Waals surface area contributed by atoms with E-state index in [-0.39, 0.29) is 5.69 Å². The first-order chi connectivity index (χ1) is 9.08. The first-order valence-electron chi connectivity index (χ1n) is 5.71. The summed E-state index contributed by atoms with van der Waals surface area (Å²) in [5, 5.41) is 10.7. The lowest BCUT2D eigenvalue weighted by molar-refractivity contribution is -0.384. The molecule has 1 unspecified atom stereocenters. The number of hydrogen-bond donors (Lipinski definition) is 0. The zero-order valence-electron chi connectivity index (χ0n) is 10.4. The highest BCUT2D eigenvalue weighted by Gasteiger charge is 2.20. The molecule has 0 aromatic heterocycles. The van der Waals surface area contributed by atoms with E-state index in [0.29, 0.717) is 32.1 Å². The second-order valence-corrected chi connectivity index (χ2v) is 5.01. The summed E-state index contributed by atoms with van der Waals surface area (Å²) in [6.45, 7) is 2.03. The minimum Gasteiger partial charge on any atom is -0.489 e. The molecule has 0 amide bonds. The molecule has 1 aromatic carbocycles. The number of benzene rings is 1. The lowest BCUT2D eigenvalue weighted by Crippen LogP contribution is -2.35. The Bertz CT molecular complexity index is 508. The maximum Gasteiger partial charge on any atom is 0.273 e. The fourth-order valence-corrected chi connectivity index (χ4v) is 2.19. The molecule has 1 aliphatic rings. The van der Waals surface area contributed by atoms with E-state index in [0.717, 1.165) is 5.69 Å². The Morgan fingerprint density at radius 1 is 1.58 bits per heavy atom. The highest BCUT2D eigenvalue weighted by atomic mass is 32.2. The molecule has 0 N–H and O–H groups in total. The third-order valence-electron chi connectivity index (χ3n) is 2.72. The molecular weight excluding hydrogens is 272 g/mol. The zero-order chi connectivity index (χ0) is 13.8. The molecule has 0 fully saturated rings. The number of nitrogens with zero attached hydrogens (tertiary/aromatic N) is 2. The normalized spacial score (nSPS) is 15.5. The van der Waals surface area contributed by atoms with Crippen molar-refractivity contribution in [3.05, 3.63) is 28.3 Å². The summed E-state index contributed by atoms with van der Waals surface area (Å²) in [4.78, 5) is 12.2. The van der Waals surface area contributed by atoms with Crippen LogP contribution in [0.1, 0.15) is 0 Å². The van der Waals surface area contributed by atoms with E-state index in [2.05, 4.69) is 0 Å². The zero-order valence-corrected chi connectivity index (χ0v) is 11.2. The predicted octanol–water partition coefficient (Wildman–Crippen LogP) is 1.10. The lowest BCUT2D eigenvalue weighted by atomic mass is 10.2. The molecule has 0 aliphatic carbocycles.